The third kappa shape index (κ3) is 5.54. The van der Waals surface area contributed by atoms with Crippen molar-refractivity contribution in [3.63, 3.8) is 0 Å². The first-order valence-corrected chi connectivity index (χ1v) is 11.3. The summed E-state index contributed by atoms with van der Waals surface area (Å²) in [4.78, 5) is 28.6. The molecule has 3 heterocycles. The van der Waals surface area contributed by atoms with Gasteiger partial charge in [0.2, 0.25) is 5.90 Å². The van der Waals surface area contributed by atoms with Crippen LogP contribution in [-0.2, 0) is 9.53 Å². The van der Waals surface area contributed by atoms with Crippen LogP contribution < -0.4 is 5.32 Å². The summed E-state index contributed by atoms with van der Waals surface area (Å²) in [6.45, 7) is 0. The number of benzene rings is 2. The molecule has 2 amide bonds. The molecular formula is C26H16F4N6O3. The number of aromatic nitrogens is 3. The van der Waals surface area contributed by atoms with Gasteiger partial charge in [-0.2, -0.15) is 18.3 Å². The third-order valence-electron chi connectivity index (χ3n) is 5.54. The minimum Gasteiger partial charge on any atom is -0.403 e. The normalized spacial score (nSPS) is 14.9. The number of nitrogens with one attached hydrogen (secondary N) is 1. The Hall–Kier alpha value is -5.25. The number of alkyl halides is 3. The molecular weight excluding hydrogens is 520 g/mol. The summed E-state index contributed by atoms with van der Waals surface area (Å²) in [6, 6.07) is 13.8. The van der Waals surface area contributed by atoms with Gasteiger partial charge in [-0.05, 0) is 41.8 Å². The van der Waals surface area contributed by atoms with Crippen LogP contribution in [0.25, 0.3) is 5.65 Å². The molecule has 1 aliphatic rings. The SMILES string of the molecule is O=C(Nc1ccc(F)c(C#Cc2cnc3cccnn23)c1)N1N=C(OC(=O)C(F)(F)F)C[C@@H]1c1ccccc1. The van der Waals surface area contributed by atoms with Crippen LogP contribution >= 0.6 is 0 Å². The molecule has 39 heavy (non-hydrogen) atoms. The topological polar surface area (TPSA) is 101 Å². The van der Waals surface area contributed by atoms with Gasteiger partial charge in [-0.3, -0.25) is 0 Å². The number of hydrogen-bond donors (Lipinski definition) is 1. The molecule has 0 radical (unpaired) electrons. The Kier molecular flexibility index (Phi) is 6.68. The van der Waals surface area contributed by atoms with Crippen molar-refractivity contribution in [2.45, 2.75) is 18.6 Å². The van der Waals surface area contributed by atoms with Gasteiger partial charge in [0, 0.05) is 11.9 Å². The molecule has 0 unspecified atom stereocenters. The highest BCUT2D eigenvalue weighted by Gasteiger charge is 2.44. The van der Waals surface area contributed by atoms with E-state index >= 15 is 0 Å². The standard InChI is InChI=1S/C26H16F4N6O3/c27-20-11-9-18(13-17(20)8-10-19-15-31-22-7-4-12-32-35(19)22)33-25(38)36-21(16-5-2-1-3-6-16)14-23(34-36)39-24(37)26(28,29)30/h1-7,9,11-13,15,21H,14H2,(H,33,38)/t21-/m1/s1. The van der Waals surface area contributed by atoms with Crippen LogP contribution in [0, 0.1) is 17.7 Å². The molecule has 196 valence electrons. The zero-order chi connectivity index (χ0) is 27.6. The van der Waals surface area contributed by atoms with E-state index in [1.54, 1.807) is 48.7 Å². The van der Waals surface area contributed by atoms with E-state index in [1.165, 1.54) is 22.8 Å². The molecule has 2 aromatic heterocycles. The van der Waals surface area contributed by atoms with Crippen LogP contribution in [0.5, 0.6) is 0 Å². The molecule has 2 aromatic carbocycles. The van der Waals surface area contributed by atoms with E-state index in [0.717, 1.165) is 11.1 Å². The van der Waals surface area contributed by atoms with E-state index in [2.05, 4.69) is 37.1 Å². The first-order valence-electron chi connectivity index (χ1n) is 11.3. The summed E-state index contributed by atoms with van der Waals surface area (Å²) >= 11 is 0. The lowest BCUT2D eigenvalue weighted by molar-refractivity contribution is -0.191. The lowest BCUT2D eigenvalue weighted by Crippen LogP contribution is -2.31. The number of nitrogens with zero attached hydrogens (tertiary/aromatic N) is 5. The highest BCUT2D eigenvalue weighted by Crippen LogP contribution is 2.32. The Balaban J connectivity index is 1.39. The number of hydrogen-bond acceptors (Lipinski definition) is 6. The second-order valence-electron chi connectivity index (χ2n) is 8.17. The lowest BCUT2D eigenvalue weighted by Gasteiger charge is -2.22. The number of urea groups is 1. The van der Waals surface area contributed by atoms with Crippen LogP contribution in [0.2, 0.25) is 0 Å². The first kappa shape index (κ1) is 25.4. The van der Waals surface area contributed by atoms with E-state index in [-0.39, 0.29) is 17.7 Å². The maximum Gasteiger partial charge on any atom is 0.491 e. The molecule has 5 rings (SSSR count). The number of ether oxygens (including phenoxy) is 1. The maximum atomic E-state index is 14.5. The molecule has 1 N–H and O–H groups in total. The van der Waals surface area contributed by atoms with Gasteiger partial charge in [0.05, 0.1) is 24.2 Å². The van der Waals surface area contributed by atoms with Gasteiger partial charge in [0.25, 0.3) is 0 Å². The van der Waals surface area contributed by atoms with Crippen molar-refractivity contribution in [2.75, 3.05) is 5.32 Å². The van der Waals surface area contributed by atoms with Crippen molar-refractivity contribution < 1.29 is 31.9 Å². The first-order chi connectivity index (χ1) is 18.7. The molecule has 0 saturated carbocycles. The molecule has 1 aliphatic heterocycles. The van der Waals surface area contributed by atoms with Crippen LogP contribution in [0.15, 0.2) is 78.2 Å². The fraction of sp³-hybridized carbons (Fsp3) is 0.115. The molecule has 4 aromatic rings. The van der Waals surface area contributed by atoms with Crippen molar-refractivity contribution in [3.8, 4) is 11.8 Å². The van der Waals surface area contributed by atoms with E-state index in [4.69, 9.17) is 0 Å². The van der Waals surface area contributed by atoms with Crippen LogP contribution in [0.4, 0.5) is 28.0 Å². The Bertz CT molecular complexity index is 1660. The lowest BCUT2D eigenvalue weighted by atomic mass is 10.0. The molecule has 0 spiro atoms. The number of hydrazone groups is 1. The van der Waals surface area contributed by atoms with Crippen LogP contribution in [-0.4, -0.2) is 43.7 Å². The largest absolute Gasteiger partial charge is 0.491 e. The highest BCUT2D eigenvalue weighted by atomic mass is 19.4. The summed E-state index contributed by atoms with van der Waals surface area (Å²) in [5.74, 6) is 1.80. The summed E-state index contributed by atoms with van der Waals surface area (Å²) in [6.07, 6.45) is -2.47. The van der Waals surface area contributed by atoms with Gasteiger partial charge in [0.1, 0.15) is 11.5 Å². The molecule has 0 aliphatic carbocycles. The smallest absolute Gasteiger partial charge is 0.403 e. The quantitative estimate of drug-likeness (QED) is 0.228. The fourth-order valence-electron chi connectivity index (χ4n) is 3.76. The molecule has 0 bridgehead atoms. The Morgan fingerprint density at radius 3 is 2.62 bits per heavy atom. The van der Waals surface area contributed by atoms with Gasteiger partial charge in [-0.1, -0.05) is 36.3 Å². The van der Waals surface area contributed by atoms with Gasteiger partial charge in [0.15, 0.2) is 5.65 Å². The van der Waals surface area contributed by atoms with Crippen molar-refractivity contribution in [2.24, 2.45) is 5.10 Å². The zero-order valence-electron chi connectivity index (χ0n) is 19.7. The van der Waals surface area contributed by atoms with E-state index < -0.39 is 35.9 Å². The zero-order valence-corrected chi connectivity index (χ0v) is 19.7. The predicted molar refractivity (Wildman–Crippen MR) is 130 cm³/mol. The number of carbonyl (C=O) groups is 2. The minimum atomic E-state index is -5.23. The number of imidazole rings is 1. The van der Waals surface area contributed by atoms with E-state index in [9.17, 15) is 27.2 Å². The third-order valence-corrected chi connectivity index (χ3v) is 5.54. The minimum absolute atomic E-state index is 0.0389. The molecule has 13 heteroatoms. The van der Waals surface area contributed by atoms with E-state index in [1.807, 2.05) is 0 Å². The number of anilines is 1. The molecule has 0 saturated heterocycles. The predicted octanol–water partition coefficient (Wildman–Crippen LogP) is 4.67. The number of rotatable bonds is 2. The van der Waals surface area contributed by atoms with Gasteiger partial charge in [-0.25, -0.2) is 28.5 Å². The second kappa shape index (κ2) is 10.3. The monoisotopic (exact) mass is 536 g/mol. The average molecular weight is 536 g/mol. The van der Waals surface area contributed by atoms with Gasteiger partial charge in [-0.15, -0.1) is 5.10 Å². The van der Waals surface area contributed by atoms with Crippen molar-refractivity contribution in [1.29, 1.82) is 0 Å². The molecule has 1 atom stereocenters. The number of carbonyl (C=O) groups excluding carboxylic acids is 2. The summed E-state index contributed by atoms with van der Waals surface area (Å²) < 4.78 is 58.4. The number of fused-ring (bicyclic) bond motifs is 1. The molecule has 9 nitrogen and oxygen atoms in total. The number of halogens is 4. The Labute approximate surface area is 217 Å². The summed E-state index contributed by atoms with van der Waals surface area (Å²) in [5.41, 5.74) is 1.62. The number of amides is 2. The fourth-order valence-corrected chi connectivity index (χ4v) is 3.76. The average Bonchev–Trinajstić information content (AvgIpc) is 3.53. The second-order valence-corrected chi connectivity index (χ2v) is 8.17. The van der Waals surface area contributed by atoms with Crippen LogP contribution in [0.1, 0.15) is 29.3 Å². The number of esters is 1. The van der Waals surface area contributed by atoms with Crippen molar-refractivity contribution in [3.05, 3.63) is 95.7 Å². The van der Waals surface area contributed by atoms with Crippen molar-refractivity contribution in [1.82, 2.24) is 19.6 Å². The van der Waals surface area contributed by atoms with E-state index in [0.29, 0.717) is 16.9 Å². The summed E-state index contributed by atoms with van der Waals surface area (Å²) in [7, 11) is 0. The Morgan fingerprint density at radius 2 is 1.85 bits per heavy atom. The van der Waals surface area contributed by atoms with Crippen molar-refractivity contribution >= 4 is 29.2 Å². The summed E-state index contributed by atoms with van der Waals surface area (Å²) in [5, 5.41) is 11.3. The van der Waals surface area contributed by atoms with Gasteiger partial charge >= 0.3 is 18.2 Å². The maximum absolute atomic E-state index is 14.5. The molecule has 0 fully saturated rings. The van der Waals surface area contributed by atoms with Gasteiger partial charge < -0.3 is 10.1 Å². The Morgan fingerprint density at radius 1 is 1.05 bits per heavy atom. The highest BCUT2D eigenvalue weighted by molar-refractivity contribution is 5.96. The van der Waals surface area contributed by atoms with Crippen LogP contribution in [0.3, 0.4) is 0 Å².